The van der Waals surface area contributed by atoms with E-state index in [4.69, 9.17) is 0 Å². The van der Waals surface area contributed by atoms with Crippen molar-refractivity contribution < 1.29 is 0 Å². The van der Waals surface area contributed by atoms with Crippen LogP contribution in [0.3, 0.4) is 0 Å². The Bertz CT molecular complexity index is 385. The lowest BCUT2D eigenvalue weighted by Gasteiger charge is -2.27. The van der Waals surface area contributed by atoms with E-state index in [0.29, 0.717) is 11.8 Å². The monoisotopic (exact) mass is 265 g/mol. The van der Waals surface area contributed by atoms with Gasteiger partial charge >= 0.3 is 0 Å². The lowest BCUT2D eigenvalue weighted by molar-refractivity contribution is 0.307. The highest BCUT2D eigenvalue weighted by Gasteiger charge is 2.19. The van der Waals surface area contributed by atoms with Crippen LogP contribution < -0.4 is 5.32 Å². The van der Waals surface area contributed by atoms with Crippen molar-refractivity contribution in [2.45, 2.75) is 67.0 Å². The van der Waals surface area contributed by atoms with E-state index in [0.717, 1.165) is 25.2 Å². The van der Waals surface area contributed by atoms with Crippen molar-refractivity contribution in [2.24, 2.45) is 11.8 Å². The van der Waals surface area contributed by atoms with Gasteiger partial charge in [-0.3, -0.25) is 4.68 Å². The molecule has 0 saturated heterocycles. The smallest absolute Gasteiger partial charge is 0.0596 e. The maximum absolute atomic E-state index is 4.55. The van der Waals surface area contributed by atoms with Crippen LogP contribution >= 0.6 is 0 Å². The van der Waals surface area contributed by atoms with Crippen LogP contribution in [0.2, 0.25) is 0 Å². The van der Waals surface area contributed by atoms with E-state index >= 15 is 0 Å². The van der Waals surface area contributed by atoms with E-state index in [-0.39, 0.29) is 5.54 Å². The molecule has 0 spiro atoms. The van der Waals surface area contributed by atoms with E-state index in [2.05, 4.69) is 69.6 Å². The second-order valence-corrected chi connectivity index (χ2v) is 6.93. The van der Waals surface area contributed by atoms with Crippen molar-refractivity contribution in [3.8, 4) is 0 Å². The molecule has 3 heteroatoms. The summed E-state index contributed by atoms with van der Waals surface area (Å²) in [5.41, 5.74) is 2.69. The van der Waals surface area contributed by atoms with Crippen LogP contribution in [0.15, 0.2) is 6.07 Å². The molecule has 0 saturated carbocycles. The van der Waals surface area contributed by atoms with Gasteiger partial charge in [0.15, 0.2) is 0 Å². The summed E-state index contributed by atoms with van der Waals surface area (Å²) in [5.74, 6) is 1.33. The number of rotatable bonds is 6. The van der Waals surface area contributed by atoms with Gasteiger partial charge in [-0.15, -0.1) is 0 Å². The van der Waals surface area contributed by atoms with E-state index in [1.54, 1.807) is 0 Å². The molecular weight excluding hydrogens is 234 g/mol. The number of aryl methyl sites for hydroxylation is 2. The van der Waals surface area contributed by atoms with Gasteiger partial charge in [0.05, 0.1) is 5.69 Å². The maximum Gasteiger partial charge on any atom is 0.0596 e. The minimum absolute atomic E-state index is 0.189. The molecule has 0 radical (unpaired) electrons. The number of hydrogen-bond acceptors (Lipinski definition) is 2. The van der Waals surface area contributed by atoms with Gasteiger partial charge in [-0.2, -0.15) is 5.10 Å². The SMILES string of the molecule is CCn1nc(C)cc1CC(CNC(C)(C)C)C(C)C. The molecule has 0 aliphatic heterocycles. The molecule has 0 fully saturated rings. The molecule has 1 aromatic rings. The summed E-state index contributed by atoms with van der Waals surface area (Å²) in [6.45, 7) is 17.6. The summed E-state index contributed by atoms with van der Waals surface area (Å²) in [7, 11) is 0. The molecule has 1 N–H and O–H groups in total. The molecule has 1 atom stereocenters. The minimum atomic E-state index is 0.189. The highest BCUT2D eigenvalue weighted by atomic mass is 15.3. The van der Waals surface area contributed by atoms with Crippen molar-refractivity contribution in [1.82, 2.24) is 15.1 Å². The molecule has 1 rings (SSSR count). The Morgan fingerprint density at radius 1 is 1.32 bits per heavy atom. The highest BCUT2D eigenvalue weighted by molar-refractivity contribution is 5.10. The van der Waals surface area contributed by atoms with Crippen LogP contribution in [-0.4, -0.2) is 21.9 Å². The summed E-state index contributed by atoms with van der Waals surface area (Å²) in [6, 6.07) is 2.23. The lowest BCUT2D eigenvalue weighted by atomic mass is 9.90. The molecule has 110 valence electrons. The first kappa shape index (κ1) is 16.2. The Hall–Kier alpha value is -0.830. The first-order valence-electron chi connectivity index (χ1n) is 7.51. The lowest BCUT2D eigenvalue weighted by Crippen LogP contribution is -2.40. The Morgan fingerprint density at radius 3 is 2.42 bits per heavy atom. The molecule has 0 aliphatic carbocycles. The Labute approximate surface area is 118 Å². The number of nitrogens with zero attached hydrogens (tertiary/aromatic N) is 2. The molecule has 1 aromatic heterocycles. The Kier molecular flexibility index (Phi) is 5.60. The van der Waals surface area contributed by atoms with E-state index in [1.165, 1.54) is 5.69 Å². The Balaban J connectivity index is 2.72. The summed E-state index contributed by atoms with van der Waals surface area (Å²) < 4.78 is 2.14. The van der Waals surface area contributed by atoms with Gasteiger partial charge < -0.3 is 5.32 Å². The van der Waals surface area contributed by atoms with Crippen molar-refractivity contribution >= 4 is 0 Å². The van der Waals surface area contributed by atoms with Crippen molar-refractivity contribution in [2.75, 3.05) is 6.54 Å². The second-order valence-electron chi connectivity index (χ2n) is 6.93. The third-order valence-electron chi connectivity index (χ3n) is 3.59. The summed E-state index contributed by atoms with van der Waals surface area (Å²) in [5, 5.41) is 8.18. The fourth-order valence-corrected chi connectivity index (χ4v) is 2.29. The zero-order valence-corrected chi connectivity index (χ0v) is 13.7. The van der Waals surface area contributed by atoms with Gasteiger partial charge in [0, 0.05) is 17.8 Å². The topological polar surface area (TPSA) is 29.9 Å². The summed E-state index contributed by atoms with van der Waals surface area (Å²) >= 11 is 0. The fraction of sp³-hybridized carbons (Fsp3) is 0.812. The van der Waals surface area contributed by atoms with Gasteiger partial charge in [0.25, 0.3) is 0 Å². The third-order valence-corrected chi connectivity index (χ3v) is 3.59. The molecule has 1 heterocycles. The first-order chi connectivity index (χ1) is 8.73. The summed E-state index contributed by atoms with van der Waals surface area (Å²) in [6.07, 6.45) is 1.11. The van der Waals surface area contributed by atoms with Crippen LogP contribution in [-0.2, 0) is 13.0 Å². The van der Waals surface area contributed by atoms with Crippen LogP contribution in [0.25, 0.3) is 0 Å². The Morgan fingerprint density at radius 2 is 1.95 bits per heavy atom. The largest absolute Gasteiger partial charge is 0.312 e. The number of hydrogen-bond donors (Lipinski definition) is 1. The predicted octanol–water partition coefficient (Wildman–Crippen LogP) is 3.41. The van der Waals surface area contributed by atoms with E-state index < -0.39 is 0 Å². The molecule has 19 heavy (non-hydrogen) atoms. The molecule has 0 amide bonds. The van der Waals surface area contributed by atoms with E-state index in [9.17, 15) is 0 Å². The number of nitrogens with one attached hydrogen (secondary N) is 1. The molecule has 0 bridgehead atoms. The van der Waals surface area contributed by atoms with Crippen molar-refractivity contribution in [3.05, 3.63) is 17.5 Å². The predicted molar refractivity (Wildman–Crippen MR) is 82.4 cm³/mol. The van der Waals surface area contributed by atoms with Crippen LogP contribution in [0.5, 0.6) is 0 Å². The van der Waals surface area contributed by atoms with Crippen LogP contribution in [0, 0.1) is 18.8 Å². The third kappa shape index (κ3) is 5.35. The molecule has 3 nitrogen and oxygen atoms in total. The number of aromatic nitrogens is 2. The van der Waals surface area contributed by atoms with Crippen LogP contribution in [0.1, 0.15) is 52.9 Å². The van der Waals surface area contributed by atoms with Gasteiger partial charge in [0.1, 0.15) is 0 Å². The van der Waals surface area contributed by atoms with Gasteiger partial charge in [0.2, 0.25) is 0 Å². The normalized spacial score (nSPS) is 14.1. The average molecular weight is 265 g/mol. The molecule has 1 unspecified atom stereocenters. The molecule has 0 aliphatic rings. The fourth-order valence-electron chi connectivity index (χ4n) is 2.29. The average Bonchev–Trinajstić information content (AvgIpc) is 2.63. The van der Waals surface area contributed by atoms with Gasteiger partial charge in [-0.1, -0.05) is 13.8 Å². The van der Waals surface area contributed by atoms with E-state index in [1.807, 2.05) is 0 Å². The zero-order valence-electron chi connectivity index (χ0n) is 13.7. The summed E-state index contributed by atoms with van der Waals surface area (Å²) in [4.78, 5) is 0. The highest BCUT2D eigenvalue weighted by Crippen LogP contribution is 2.18. The van der Waals surface area contributed by atoms with Crippen molar-refractivity contribution in [3.63, 3.8) is 0 Å². The van der Waals surface area contributed by atoms with Gasteiger partial charge in [-0.05, 0) is 65.5 Å². The minimum Gasteiger partial charge on any atom is -0.312 e. The quantitative estimate of drug-likeness (QED) is 0.854. The van der Waals surface area contributed by atoms with Crippen LogP contribution in [0.4, 0.5) is 0 Å². The second kappa shape index (κ2) is 6.56. The van der Waals surface area contributed by atoms with Gasteiger partial charge in [-0.25, -0.2) is 0 Å². The zero-order chi connectivity index (χ0) is 14.6. The standard InChI is InChI=1S/C16H31N3/c1-8-19-15(9-13(4)18-19)10-14(12(2)3)11-17-16(5,6)7/h9,12,14,17H,8,10-11H2,1-7H3. The van der Waals surface area contributed by atoms with Crippen molar-refractivity contribution in [1.29, 1.82) is 0 Å². The first-order valence-corrected chi connectivity index (χ1v) is 7.51. The molecular formula is C16H31N3. The molecule has 0 aromatic carbocycles. The maximum atomic E-state index is 4.55.